The van der Waals surface area contributed by atoms with Crippen LogP contribution in [-0.4, -0.2) is 56.3 Å². The number of hydrogen-bond acceptors (Lipinski definition) is 7. The van der Waals surface area contributed by atoms with Crippen molar-refractivity contribution in [2.24, 2.45) is 0 Å². The molecule has 7 nitrogen and oxygen atoms in total. The van der Waals surface area contributed by atoms with Gasteiger partial charge in [-0.15, -0.1) is 11.8 Å². The van der Waals surface area contributed by atoms with Crippen LogP contribution in [-0.2, 0) is 5.75 Å². The van der Waals surface area contributed by atoms with Gasteiger partial charge in [-0.2, -0.15) is 0 Å². The Morgan fingerprint density at radius 1 is 0.971 bits per heavy atom. The number of benzene rings is 1. The maximum Gasteiger partial charge on any atom is 0.253 e. The highest BCUT2D eigenvalue weighted by molar-refractivity contribution is 7.98. The molecule has 0 spiro atoms. The molecule has 1 aliphatic heterocycles. The third kappa shape index (κ3) is 4.24. The van der Waals surface area contributed by atoms with E-state index in [2.05, 4.69) is 21.1 Å². The minimum absolute atomic E-state index is 0.0857. The van der Waals surface area contributed by atoms with E-state index in [1.54, 1.807) is 29.3 Å². The van der Waals surface area contributed by atoms with Crippen LogP contribution in [0.4, 0.5) is 5.13 Å². The Morgan fingerprint density at radius 2 is 1.82 bits per heavy atom. The maximum absolute atomic E-state index is 13.0. The summed E-state index contributed by atoms with van der Waals surface area (Å²) in [6, 6.07) is 17.8. The minimum Gasteiger partial charge on any atom is -0.344 e. The van der Waals surface area contributed by atoms with Crippen LogP contribution in [0.1, 0.15) is 16.1 Å². The summed E-state index contributed by atoms with van der Waals surface area (Å²) in [5.74, 6) is 0.876. The third-order valence-electron chi connectivity index (χ3n) is 5.89. The first-order valence-electron chi connectivity index (χ1n) is 11.1. The van der Waals surface area contributed by atoms with Crippen molar-refractivity contribution >= 4 is 50.1 Å². The molecule has 1 saturated heterocycles. The number of pyridine rings is 2. The normalized spacial score (nSPS) is 14.2. The molecule has 0 saturated carbocycles. The maximum atomic E-state index is 13.0. The van der Waals surface area contributed by atoms with Gasteiger partial charge < -0.3 is 14.2 Å². The number of carbonyl (C=O) groups is 1. The Kier molecular flexibility index (Phi) is 5.64. The lowest BCUT2D eigenvalue weighted by Crippen LogP contribution is -2.48. The Balaban J connectivity index is 1.05. The molecule has 9 heteroatoms. The van der Waals surface area contributed by atoms with Crippen molar-refractivity contribution in [3.05, 3.63) is 84.4 Å². The second kappa shape index (κ2) is 9.08. The second-order valence-electron chi connectivity index (χ2n) is 8.11. The number of thioether (sulfide) groups is 1. The summed E-state index contributed by atoms with van der Waals surface area (Å²) in [7, 11) is 0. The Bertz CT molecular complexity index is 1390. The van der Waals surface area contributed by atoms with E-state index >= 15 is 0 Å². The standard InChI is InChI=1S/C25H22N6OS2/c32-24(29-12-14-30(15-13-29)25-28-21-4-3-10-26-23(21)34-25)18-6-8-20(9-7-18)33-17-19-16-31-11-2-1-5-22(31)27-19/h1-11,16H,12-15,17H2. The van der Waals surface area contributed by atoms with E-state index in [0.29, 0.717) is 13.1 Å². The lowest BCUT2D eigenvalue weighted by atomic mass is 10.2. The Hall–Kier alpha value is -3.43. The fraction of sp³-hybridized carbons (Fsp3) is 0.200. The monoisotopic (exact) mass is 486 g/mol. The van der Waals surface area contributed by atoms with Crippen molar-refractivity contribution in [1.29, 1.82) is 0 Å². The van der Waals surface area contributed by atoms with Crippen molar-refractivity contribution in [3.8, 4) is 0 Å². The molecule has 1 amide bonds. The number of imidazole rings is 1. The summed E-state index contributed by atoms with van der Waals surface area (Å²) in [5, 5.41) is 0.979. The number of amides is 1. The zero-order chi connectivity index (χ0) is 22.9. The van der Waals surface area contributed by atoms with E-state index in [1.807, 2.05) is 70.1 Å². The smallest absolute Gasteiger partial charge is 0.253 e. The summed E-state index contributed by atoms with van der Waals surface area (Å²) in [5.41, 5.74) is 3.66. The molecule has 170 valence electrons. The van der Waals surface area contributed by atoms with Gasteiger partial charge in [0.2, 0.25) is 0 Å². The molecular weight excluding hydrogens is 464 g/mol. The quantitative estimate of drug-likeness (QED) is 0.339. The van der Waals surface area contributed by atoms with E-state index in [1.165, 1.54) is 0 Å². The lowest BCUT2D eigenvalue weighted by molar-refractivity contribution is 0.0746. The number of rotatable bonds is 5. The number of carbonyl (C=O) groups excluding carboxylic acids is 1. The molecular formula is C25H22N6OS2. The first-order valence-corrected chi connectivity index (χ1v) is 12.9. The average Bonchev–Trinajstić information content (AvgIpc) is 3.51. The molecule has 34 heavy (non-hydrogen) atoms. The molecule has 1 aliphatic rings. The third-order valence-corrected chi connectivity index (χ3v) is 7.98. The number of hydrogen-bond donors (Lipinski definition) is 0. The summed E-state index contributed by atoms with van der Waals surface area (Å²) >= 11 is 3.33. The van der Waals surface area contributed by atoms with Crippen LogP contribution < -0.4 is 4.90 Å². The first-order chi connectivity index (χ1) is 16.7. The average molecular weight is 487 g/mol. The van der Waals surface area contributed by atoms with Crippen LogP contribution in [0.5, 0.6) is 0 Å². The number of anilines is 1. The molecule has 0 atom stereocenters. The summed E-state index contributed by atoms with van der Waals surface area (Å²) in [6.07, 6.45) is 5.86. The molecule has 0 bridgehead atoms. The largest absolute Gasteiger partial charge is 0.344 e. The topological polar surface area (TPSA) is 66.6 Å². The van der Waals surface area contributed by atoms with Crippen LogP contribution in [0.2, 0.25) is 0 Å². The van der Waals surface area contributed by atoms with Crippen molar-refractivity contribution in [1.82, 2.24) is 24.3 Å². The molecule has 0 N–H and O–H groups in total. The van der Waals surface area contributed by atoms with Crippen molar-refractivity contribution in [3.63, 3.8) is 0 Å². The van der Waals surface area contributed by atoms with E-state index in [-0.39, 0.29) is 5.91 Å². The van der Waals surface area contributed by atoms with Gasteiger partial charge >= 0.3 is 0 Å². The van der Waals surface area contributed by atoms with E-state index < -0.39 is 0 Å². The van der Waals surface area contributed by atoms with Crippen LogP contribution in [0, 0.1) is 0 Å². The highest BCUT2D eigenvalue weighted by Crippen LogP contribution is 2.28. The first kappa shape index (κ1) is 21.1. The Labute approximate surface area is 205 Å². The van der Waals surface area contributed by atoms with Gasteiger partial charge in [-0.1, -0.05) is 17.4 Å². The van der Waals surface area contributed by atoms with Gasteiger partial charge in [0.1, 0.15) is 16.0 Å². The summed E-state index contributed by atoms with van der Waals surface area (Å²) in [6.45, 7) is 2.93. The Morgan fingerprint density at radius 3 is 2.62 bits per heavy atom. The van der Waals surface area contributed by atoms with Crippen molar-refractivity contribution < 1.29 is 4.79 Å². The number of aromatic nitrogens is 4. The number of piperazine rings is 1. The zero-order valence-corrected chi connectivity index (χ0v) is 20.0. The van der Waals surface area contributed by atoms with E-state index in [0.717, 1.165) is 56.1 Å². The molecule has 1 aromatic carbocycles. The molecule has 0 radical (unpaired) electrons. The number of nitrogens with zero attached hydrogens (tertiary/aromatic N) is 6. The van der Waals surface area contributed by atoms with Crippen LogP contribution in [0.15, 0.2) is 78.1 Å². The fourth-order valence-corrected chi connectivity index (χ4v) is 5.83. The van der Waals surface area contributed by atoms with Gasteiger partial charge in [-0.3, -0.25) is 4.79 Å². The van der Waals surface area contributed by atoms with Crippen molar-refractivity contribution in [2.45, 2.75) is 10.6 Å². The fourth-order valence-electron chi connectivity index (χ4n) is 4.08. The van der Waals surface area contributed by atoms with Crippen LogP contribution in [0.25, 0.3) is 16.0 Å². The SMILES string of the molecule is O=C(c1ccc(SCc2cn3ccccc3n2)cc1)N1CCN(c2nc3cccnc3s2)CC1. The molecule has 6 rings (SSSR count). The summed E-state index contributed by atoms with van der Waals surface area (Å²) in [4.78, 5) is 33.0. The van der Waals surface area contributed by atoms with Gasteiger partial charge in [0.05, 0.1) is 5.69 Å². The molecule has 4 aromatic heterocycles. The second-order valence-corrected chi connectivity index (χ2v) is 10.1. The van der Waals surface area contributed by atoms with Crippen LogP contribution in [0.3, 0.4) is 0 Å². The molecule has 0 aliphatic carbocycles. The predicted molar refractivity (Wildman–Crippen MR) is 137 cm³/mol. The van der Waals surface area contributed by atoms with Gasteiger partial charge in [0.15, 0.2) is 5.13 Å². The molecule has 1 fully saturated rings. The zero-order valence-electron chi connectivity index (χ0n) is 18.4. The summed E-state index contributed by atoms with van der Waals surface area (Å²) < 4.78 is 2.03. The van der Waals surface area contributed by atoms with Crippen LogP contribution >= 0.6 is 23.1 Å². The number of fused-ring (bicyclic) bond motifs is 2. The lowest BCUT2D eigenvalue weighted by Gasteiger charge is -2.34. The van der Waals surface area contributed by atoms with E-state index in [4.69, 9.17) is 4.98 Å². The van der Waals surface area contributed by atoms with Gasteiger partial charge in [-0.05, 0) is 48.5 Å². The van der Waals surface area contributed by atoms with Gasteiger partial charge in [-0.25, -0.2) is 15.0 Å². The van der Waals surface area contributed by atoms with Gasteiger partial charge in [0, 0.05) is 61.0 Å². The molecule has 5 aromatic rings. The predicted octanol–water partition coefficient (Wildman–Crippen LogP) is 4.59. The van der Waals surface area contributed by atoms with Crippen molar-refractivity contribution in [2.75, 3.05) is 31.1 Å². The molecule has 0 unspecified atom stereocenters. The number of thiazole rings is 1. The van der Waals surface area contributed by atoms with E-state index in [9.17, 15) is 4.79 Å². The molecule has 5 heterocycles. The highest BCUT2D eigenvalue weighted by atomic mass is 32.2. The minimum atomic E-state index is 0.0857. The highest BCUT2D eigenvalue weighted by Gasteiger charge is 2.24. The van der Waals surface area contributed by atoms with Gasteiger partial charge in [0.25, 0.3) is 5.91 Å².